The van der Waals surface area contributed by atoms with Crippen molar-refractivity contribution in [3.63, 3.8) is 0 Å². The standard InChI is InChI=1S/C11H18.C4H10.C3H9N.C2H6.C2H4/c1-7-4-10(5-8(7)2)11-6-9(11)3;1-3-4-2;1-2-3-4;2*1-2/h8-11H,1,4-6H2,2-3H3;3-4H2,1-2H3;2-4H2,1H3;1-2H3;1-2H2. The summed E-state index contributed by atoms with van der Waals surface area (Å²) >= 11 is 0. The summed E-state index contributed by atoms with van der Waals surface area (Å²) in [5.41, 5.74) is 6.54. The van der Waals surface area contributed by atoms with Gasteiger partial charge in [-0.3, -0.25) is 0 Å². The lowest BCUT2D eigenvalue weighted by atomic mass is 10.00. The third-order valence-electron chi connectivity index (χ3n) is 4.44. The topological polar surface area (TPSA) is 26.0 Å². The maximum absolute atomic E-state index is 5.03. The smallest absolute Gasteiger partial charge is 0.00799 e. The van der Waals surface area contributed by atoms with E-state index in [1.54, 1.807) is 0 Å². The van der Waals surface area contributed by atoms with Crippen LogP contribution in [0, 0.1) is 23.7 Å². The van der Waals surface area contributed by atoms with E-state index >= 15 is 0 Å². The molecule has 2 rings (SSSR count). The molecule has 0 aliphatic heterocycles. The molecule has 1 nitrogen and oxygen atoms in total. The third kappa shape index (κ3) is 14.7. The number of rotatable bonds is 3. The van der Waals surface area contributed by atoms with Gasteiger partial charge in [0.2, 0.25) is 0 Å². The molecule has 0 saturated heterocycles. The molecular formula is C22H47N. The molecule has 1 heteroatoms. The van der Waals surface area contributed by atoms with Gasteiger partial charge in [0, 0.05) is 0 Å². The second-order valence-corrected chi connectivity index (χ2v) is 6.42. The zero-order chi connectivity index (χ0) is 18.8. The minimum absolute atomic E-state index is 0.813. The fourth-order valence-corrected chi connectivity index (χ4v) is 2.58. The quantitative estimate of drug-likeness (QED) is 0.544. The van der Waals surface area contributed by atoms with E-state index in [0.29, 0.717) is 0 Å². The molecule has 2 aliphatic rings. The number of nitrogens with two attached hydrogens (primary N) is 1. The van der Waals surface area contributed by atoms with Crippen LogP contribution in [0.15, 0.2) is 25.3 Å². The largest absolute Gasteiger partial charge is 0.330 e. The summed E-state index contributed by atoms with van der Waals surface area (Å²) in [7, 11) is 0. The van der Waals surface area contributed by atoms with Gasteiger partial charge in [-0.1, -0.05) is 73.5 Å². The Labute approximate surface area is 148 Å². The van der Waals surface area contributed by atoms with Crippen LogP contribution in [0.25, 0.3) is 0 Å². The Morgan fingerprint density at radius 3 is 1.52 bits per heavy atom. The van der Waals surface area contributed by atoms with Gasteiger partial charge in [0.25, 0.3) is 0 Å². The van der Waals surface area contributed by atoms with Crippen molar-refractivity contribution in [1.29, 1.82) is 0 Å². The zero-order valence-electron chi connectivity index (χ0n) is 17.5. The summed E-state index contributed by atoms with van der Waals surface area (Å²) in [4.78, 5) is 0. The lowest BCUT2D eigenvalue weighted by Gasteiger charge is -2.05. The van der Waals surface area contributed by atoms with Crippen molar-refractivity contribution in [3.8, 4) is 0 Å². The summed E-state index contributed by atoms with van der Waals surface area (Å²) in [6.45, 7) is 26.1. The van der Waals surface area contributed by atoms with Gasteiger partial charge in [-0.25, -0.2) is 0 Å². The predicted octanol–water partition coefficient (Wildman–Crippen LogP) is 7.23. The normalized spacial score (nSPS) is 26.9. The number of unbranched alkanes of at least 4 members (excludes halogenated alkanes) is 1. The lowest BCUT2D eigenvalue weighted by molar-refractivity contribution is 0.439. The van der Waals surface area contributed by atoms with E-state index in [0.717, 1.165) is 36.6 Å². The Morgan fingerprint density at radius 2 is 1.35 bits per heavy atom. The second kappa shape index (κ2) is 19.5. The fourth-order valence-electron chi connectivity index (χ4n) is 2.58. The van der Waals surface area contributed by atoms with Crippen molar-refractivity contribution in [3.05, 3.63) is 25.3 Å². The van der Waals surface area contributed by atoms with Crippen LogP contribution >= 0.6 is 0 Å². The van der Waals surface area contributed by atoms with Crippen molar-refractivity contribution in [2.75, 3.05) is 6.54 Å². The highest BCUT2D eigenvalue weighted by atomic mass is 14.5. The van der Waals surface area contributed by atoms with Crippen molar-refractivity contribution in [2.24, 2.45) is 29.4 Å². The van der Waals surface area contributed by atoms with Crippen LogP contribution in [-0.4, -0.2) is 6.54 Å². The Bertz CT molecular complexity index is 238. The molecule has 0 aromatic heterocycles. The van der Waals surface area contributed by atoms with E-state index in [-0.39, 0.29) is 0 Å². The van der Waals surface area contributed by atoms with E-state index < -0.39 is 0 Å². The van der Waals surface area contributed by atoms with Gasteiger partial charge in [0.15, 0.2) is 0 Å². The second-order valence-electron chi connectivity index (χ2n) is 6.42. The molecule has 2 saturated carbocycles. The molecule has 0 aromatic rings. The molecule has 2 aliphatic carbocycles. The SMILES string of the molecule is C=C.C=C1CC(C2CC2C)CC1C.CC.CCCC.CCCN. The summed E-state index contributed by atoms with van der Waals surface area (Å²) in [6.07, 6.45) is 7.98. The lowest BCUT2D eigenvalue weighted by Crippen LogP contribution is -1.97. The minimum Gasteiger partial charge on any atom is -0.330 e. The molecule has 0 bridgehead atoms. The van der Waals surface area contributed by atoms with Crippen LogP contribution < -0.4 is 5.73 Å². The zero-order valence-corrected chi connectivity index (χ0v) is 17.5. The number of allylic oxidation sites excluding steroid dienone is 1. The van der Waals surface area contributed by atoms with Crippen molar-refractivity contribution in [2.45, 2.75) is 87.0 Å². The molecule has 4 unspecified atom stereocenters. The van der Waals surface area contributed by atoms with Crippen LogP contribution in [0.5, 0.6) is 0 Å². The van der Waals surface area contributed by atoms with Crippen LogP contribution in [0.1, 0.15) is 87.0 Å². The highest BCUT2D eigenvalue weighted by Gasteiger charge is 2.42. The Morgan fingerprint density at radius 1 is 0.957 bits per heavy atom. The van der Waals surface area contributed by atoms with Gasteiger partial charge in [-0.15, -0.1) is 13.2 Å². The Hall–Kier alpha value is -0.560. The maximum Gasteiger partial charge on any atom is -0.00799 e. The highest BCUT2D eigenvalue weighted by molar-refractivity contribution is 5.10. The molecule has 0 heterocycles. The first-order chi connectivity index (χ1) is 11.0. The average molecular weight is 326 g/mol. The van der Waals surface area contributed by atoms with Gasteiger partial charge in [0.05, 0.1) is 0 Å². The van der Waals surface area contributed by atoms with Crippen LogP contribution in [-0.2, 0) is 0 Å². The highest BCUT2D eigenvalue weighted by Crippen LogP contribution is 2.52. The average Bonchev–Trinajstić information content (AvgIpc) is 3.25. The Kier molecular flexibility index (Phi) is 23.1. The molecule has 0 aromatic carbocycles. The van der Waals surface area contributed by atoms with Gasteiger partial charge >= 0.3 is 0 Å². The van der Waals surface area contributed by atoms with E-state index in [1.165, 1.54) is 37.7 Å². The molecule has 23 heavy (non-hydrogen) atoms. The monoisotopic (exact) mass is 325 g/mol. The van der Waals surface area contributed by atoms with E-state index in [2.05, 4.69) is 54.4 Å². The third-order valence-corrected chi connectivity index (χ3v) is 4.44. The molecule has 2 N–H and O–H groups in total. The van der Waals surface area contributed by atoms with E-state index in [9.17, 15) is 0 Å². The van der Waals surface area contributed by atoms with E-state index in [4.69, 9.17) is 5.73 Å². The summed E-state index contributed by atoms with van der Waals surface area (Å²) < 4.78 is 0. The van der Waals surface area contributed by atoms with Gasteiger partial charge in [0.1, 0.15) is 0 Å². The predicted molar refractivity (Wildman–Crippen MR) is 111 cm³/mol. The molecule has 0 radical (unpaired) electrons. The molecule has 4 atom stereocenters. The first-order valence-electron chi connectivity index (χ1n) is 9.89. The van der Waals surface area contributed by atoms with E-state index in [1.807, 2.05) is 13.8 Å². The molecular weight excluding hydrogens is 278 g/mol. The van der Waals surface area contributed by atoms with Gasteiger partial charge in [-0.05, 0) is 55.9 Å². The van der Waals surface area contributed by atoms with Crippen LogP contribution in [0.3, 0.4) is 0 Å². The van der Waals surface area contributed by atoms with Gasteiger partial charge < -0.3 is 5.73 Å². The first kappa shape index (κ1) is 27.3. The summed E-state index contributed by atoms with van der Waals surface area (Å²) in [6, 6.07) is 0. The molecule has 0 amide bonds. The summed E-state index contributed by atoms with van der Waals surface area (Å²) in [5, 5.41) is 0. The molecule has 0 spiro atoms. The molecule has 2 fully saturated rings. The Balaban J connectivity index is -0.000000282. The number of hydrogen-bond acceptors (Lipinski definition) is 1. The first-order valence-corrected chi connectivity index (χ1v) is 9.89. The maximum atomic E-state index is 5.03. The minimum atomic E-state index is 0.813. The van der Waals surface area contributed by atoms with Crippen molar-refractivity contribution in [1.82, 2.24) is 0 Å². The van der Waals surface area contributed by atoms with Gasteiger partial charge in [-0.2, -0.15) is 0 Å². The van der Waals surface area contributed by atoms with Crippen molar-refractivity contribution >= 4 is 0 Å². The van der Waals surface area contributed by atoms with Crippen LogP contribution in [0.2, 0.25) is 0 Å². The number of hydrogen-bond donors (Lipinski definition) is 1. The summed E-state index contributed by atoms with van der Waals surface area (Å²) in [5.74, 6) is 3.91. The fraction of sp³-hybridized carbons (Fsp3) is 0.818. The van der Waals surface area contributed by atoms with Crippen LogP contribution in [0.4, 0.5) is 0 Å². The molecule has 140 valence electrons. The van der Waals surface area contributed by atoms with Crippen molar-refractivity contribution < 1.29 is 0 Å².